The molecule has 2 heterocycles. The molecule has 0 unspecified atom stereocenters. The quantitative estimate of drug-likeness (QED) is 0.636. The maximum Gasteiger partial charge on any atom is 0.284 e. The van der Waals surface area contributed by atoms with Crippen LogP contribution in [0.4, 0.5) is 0 Å². The van der Waals surface area contributed by atoms with Gasteiger partial charge in [0, 0.05) is 24.5 Å². The van der Waals surface area contributed by atoms with Crippen LogP contribution in [-0.2, 0) is 11.2 Å². The number of nitrogens with one attached hydrogen (secondary N) is 3. The Morgan fingerprint density at radius 1 is 1.27 bits per heavy atom. The van der Waals surface area contributed by atoms with E-state index in [-0.39, 0.29) is 5.84 Å². The second-order valence-electron chi connectivity index (χ2n) is 4.93. The van der Waals surface area contributed by atoms with Crippen molar-refractivity contribution in [2.45, 2.75) is 6.42 Å². The molecule has 0 bridgehead atoms. The molecule has 1 aromatic rings. The standard InChI is InChI=1S/C16H17N5O/c17-14(22)16-20-13-10-18-8-7-12(13)15(21-16)19-9-6-11-4-2-1-3-5-11/h1-5,7-8,10,18-19H,6,9H2,(H2,17,22)(H,20,21). The van der Waals surface area contributed by atoms with E-state index in [4.69, 9.17) is 5.73 Å². The zero-order chi connectivity index (χ0) is 15.4. The zero-order valence-corrected chi connectivity index (χ0v) is 12.0. The van der Waals surface area contributed by atoms with Gasteiger partial charge < -0.3 is 21.7 Å². The molecule has 0 aromatic heterocycles. The molecule has 0 radical (unpaired) electrons. The summed E-state index contributed by atoms with van der Waals surface area (Å²) in [6, 6.07) is 10.2. The number of carbonyl (C=O) groups excluding carboxylic acids is 1. The van der Waals surface area contributed by atoms with Crippen LogP contribution in [0.3, 0.4) is 0 Å². The Hall–Kier alpha value is -3.02. The van der Waals surface area contributed by atoms with Gasteiger partial charge in [-0.3, -0.25) is 4.79 Å². The van der Waals surface area contributed by atoms with Gasteiger partial charge in [0.15, 0.2) is 5.84 Å². The number of nitrogens with zero attached hydrogens (tertiary/aromatic N) is 1. The minimum atomic E-state index is -0.586. The van der Waals surface area contributed by atoms with Crippen molar-refractivity contribution < 1.29 is 4.79 Å². The Morgan fingerprint density at radius 2 is 2.09 bits per heavy atom. The van der Waals surface area contributed by atoms with Gasteiger partial charge in [-0.2, -0.15) is 0 Å². The highest BCUT2D eigenvalue weighted by Crippen LogP contribution is 2.19. The maximum absolute atomic E-state index is 11.4. The van der Waals surface area contributed by atoms with Gasteiger partial charge in [0.05, 0.1) is 5.70 Å². The van der Waals surface area contributed by atoms with Crippen molar-refractivity contribution in [3.8, 4) is 0 Å². The van der Waals surface area contributed by atoms with Gasteiger partial charge in [-0.15, -0.1) is 0 Å². The molecule has 2 aliphatic rings. The third kappa shape index (κ3) is 3.01. The van der Waals surface area contributed by atoms with Crippen molar-refractivity contribution in [3.05, 3.63) is 71.5 Å². The molecule has 5 N–H and O–H groups in total. The summed E-state index contributed by atoms with van der Waals surface area (Å²) in [5.74, 6) is 0.193. The zero-order valence-electron chi connectivity index (χ0n) is 12.0. The van der Waals surface area contributed by atoms with Crippen LogP contribution < -0.4 is 21.7 Å². The number of hydrogen-bond acceptors (Lipinski definition) is 5. The maximum atomic E-state index is 11.4. The van der Waals surface area contributed by atoms with E-state index in [0.717, 1.165) is 17.7 Å². The largest absolute Gasteiger partial charge is 0.369 e. The number of amidine groups is 1. The summed E-state index contributed by atoms with van der Waals surface area (Å²) in [4.78, 5) is 15.7. The minimum Gasteiger partial charge on any atom is -0.369 e. The predicted molar refractivity (Wildman–Crippen MR) is 85.3 cm³/mol. The lowest BCUT2D eigenvalue weighted by Crippen LogP contribution is -2.41. The third-order valence-electron chi connectivity index (χ3n) is 3.38. The van der Waals surface area contributed by atoms with Crippen molar-refractivity contribution in [2.24, 2.45) is 10.7 Å². The summed E-state index contributed by atoms with van der Waals surface area (Å²) >= 11 is 0. The molecular formula is C16H17N5O. The first-order chi connectivity index (χ1) is 10.7. The monoisotopic (exact) mass is 295 g/mol. The smallest absolute Gasteiger partial charge is 0.284 e. The van der Waals surface area contributed by atoms with Gasteiger partial charge in [-0.1, -0.05) is 30.3 Å². The molecular weight excluding hydrogens is 278 g/mol. The summed E-state index contributed by atoms with van der Waals surface area (Å²) < 4.78 is 0. The van der Waals surface area contributed by atoms with Gasteiger partial charge in [-0.05, 0) is 18.1 Å². The molecule has 1 amide bonds. The molecule has 112 valence electrons. The summed E-state index contributed by atoms with van der Waals surface area (Å²) in [5, 5.41) is 9.17. The number of rotatable bonds is 5. The van der Waals surface area contributed by atoms with E-state index in [1.165, 1.54) is 5.56 Å². The molecule has 6 nitrogen and oxygen atoms in total. The topological polar surface area (TPSA) is 91.5 Å². The van der Waals surface area contributed by atoms with E-state index < -0.39 is 5.91 Å². The number of primary amides is 1. The Morgan fingerprint density at radius 3 is 2.86 bits per heavy atom. The second kappa shape index (κ2) is 6.17. The van der Waals surface area contributed by atoms with Gasteiger partial charge in [0.25, 0.3) is 5.91 Å². The number of nitrogens with two attached hydrogens (primary N) is 1. The van der Waals surface area contributed by atoms with Crippen LogP contribution in [0.25, 0.3) is 0 Å². The molecule has 22 heavy (non-hydrogen) atoms. The highest BCUT2D eigenvalue weighted by molar-refractivity contribution is 6.38. The first-order valence-electron chi connectivity index (χ1n) is 7.05. The third-order valence-corrected chi connectivity index (χ3v) is 3.38. The molecule has 0 fully saturated rings. The summed E-state index contributed by atoms with van der Waals surface area (Å²) in [6.45, 7) is 0.715. The Bertz CT molecular complexity index is 701. The van der Waals surface area contributed by atoms with E-state index >= 15 is 0 Å². The van der Waals surface area contributed by atoms with Crippen molar-refractivity contribution >= 4 is 11.7 Å². The first-order valence-corrected chi connectivity index (χ1v) is 7.05. The fraction of sp³-hybridized carbons (Fsp3) is 0.125. The summed E-state index contributed by atoms with van der Waals surface area (Å²) in [6.07, 6.45) is 6.35. The SMILES string of the molecule is NC(=O)C1=NC(NCCc2ccccc2)=C2C=CNC=C2N1. The lowest BCUT2D eigenvalue weighted by Gasteiger charge is -2.23. The van der Waals surface area contributed by atoms with E-state index in [0.29, 0.717) is 12.4 Å². The van der Waals surface area contributed by atoms with Crippen molar-refractivity contribution in [2.75, 3.05) is 6.54 Å². The van der Waals surface area contributed by atoms with Crippen LogP contribution in [0.2, 0.25) is 0 Å². The number of carbonyl (C=O) groups is 1. The average Bonchev–Trinajstić information content (AvgIpc) is 2.55. The number of benzene rings is 1. The number of dihydropyridines is 1. The van der Waals surface area contributed by atoms with E-state index in [1.54, 1.807) is 6.20 Å². The number of hydrogen-bond donors (Lipinski definition) is 4. The minimum absolute atomic E-state index is 0.134. The highest BCUT2D eigenvalue weighted by Gasteiger charge is 2.21. The molecule has 3 rings (SSSR count). The lowest BCUT2D eigenvalue weighted by atomic mass is 10.1. The second-order valence-corrected chi connectivity index (χ2v) is 4.93. The van der Waals surface area contributed by atoms with E-state index in [1.807, 2.05) is 30.5 Å². The summed E-state index contributed by atoms with van der Waals surface area (Å²) in [7, 11) is 0. The molecule has 0 spiro atoms. The van der Waals surface area contributed by atoms with Crippen molar-refractivity contribution in [3.63, 3.8) is 0 Å². The van der Waals surface area contributed by atoms with Crippen LogP contribution in [0, 0.1) is 0 Å². The van der Waals surface area contributed by atoms with E-state index in [2.05, 4.69) is 33.1 Å². The molecule has 0 aliphatic carbocycles. The van der Waals surface area contributed by atoms with Crippen molar-refractivity contribution in [1.82, 2.24) is 16.0 Å². The number of amides is 1. The van der Waals surface area contributed by atoms with Gasteiger partial charge in [0.1, 0.15) is 5.82 Å². The lowest BCUT2D eigenvalue weighted by molar-refractivity contribution is -0.112. The Labute approximate surface area is 128 Å². The summed E-state index contributed by atoms with van der Waals surface area (Å²) in [5.41, 5.74) is 8.24. The fourth-order valence-corrected chi connectivity index (χ4v) is 2.29. The van der Waals surface area contributed by atoms with Crippen LogP contribution >= 0.6 is 0 Å². The van der Waals surface area contributed by atoms with Crippen LogP contribution in [0.1, 0.15) is 5.56 Å². The molecule has 1 aromatic carbocycles. The normalized spacial score (nSPS) is 16.0. The van der Waals surface area contributed by atoms with Gasteiger partial charge >= 0.3 is 0 Å². The van der Waals surface area contributed by atoms with Crippen LogP contribution in [-0.4, -0.2) is 18.3 Å². The molecule has 2 aliphatic heterocycles. The highest BCUT2D eigenvalue weighted by atomic mass is 16.1. The number of allylic oxidation sites excluding steroid dienone is 1. The fourth-order valence-electron chi connectivity index (χ4n) is 2.29. The number of fused-ring (bicyclic) bond motifs is 1. The van der Waals surface area contributed by atoms with Gasteiger partial charge in [-0.25, -0.2) is 4.99 Å². The molecule has 0 saturated carbocycles. The molecule has 0 atom stereocenters. The van der Waals surface area contributed by atoms with E-state index in [9.17, 15) is 4.79 Å². The molecule has 0 saturated heterocycles. The van der Waals surface area contributed by atoms with Crippen molar-refractivity contribution in [1.29, 1.82) is 0 Å². The van der Waals surface area contributed by atoms with Crippen LogP contribution in [0.5, 0.6) is 0 Å². The predicted octanol–water partition coefficient (Wildman–Crippen LogP) is 0.476. The average molecular weight is 295 g/mol. The molecule has 6 heteroatoms. The Balaban J connectivity index is 1.75. The first kappa shape index (κ1) is 13.9. The number of aliphatic imine (C=N–C) groups is 1. The van der Waals surface area contributed by atoms with Crippen LogP contribution in [0.15, 0.2) is 70.9 Å². The van der Waals surface area contributed by atoms with Gasteiger partial charge in [0.2, 0.25) is 0 Å². The Kier molecular flexibility index (Phi) is 3.91.